The van der Waals surface area contributed by atoms with Crippen LogP contribution in [0.4, 0.5) is 0 Å². The molecule has 0 rings (SSSR count). The fraction of sp³-hybridized carbons (Fsp3) is 0.939. The van der Waals surface area contributed by atoms with E-state index in [9.17, 15) is 43.2 Å². The molecule has 0 bridgehead atoms. The third kappa shape index (κ3) is 59.5. The predicted molar refractivity (Wildman–Crippen MR) is 340 cm³/mol. The second kappa shape index (κ2) is 57.2. The Kier molecular flexibility index (Phi) is 55.9. The Morgan fingerprint density at radius 3 is 0.894 bits per heavy atom. The van der Waals surface area contributed by atoms with Crippen molar-refractivity contribution in [1.29, 1.82) is 0 Å². The number of carbonyl (C=O) groups is 4. The zero-order chi connectivity index (χ0) is 63.1. The maximum absolute atomic E-state index is 13.0. The van der Waals surface area contributed by atoms with Gasteiger partial charge in [-0.1, -0.05) is 273 Å². The summed E-state index contributed by atoms with van der Waals surface area (Å²) >= 11 is 0. The standard InChI is InChI=1S/C66H128O17P2/c1-8-10-11-30-40-47-63(68)76-53-61(83-66(71)50-43-36-29-27-32-38-45-58(5)6)55-80-84(72,73)78-51-60(67)52-79-85(74,75)81-56-62(54-77-64(69)48-41-34-28-26-31-37-44-57(3)4)82-65(70)49-42-35-25-23-21-19-17-15-13-12-14-16-18-20-22-24-33-39-46-59(7)9-2/h57-62,67H,8-56H2,1-7H3,(H,72,73)(H,74,75)/t59?,60-,61+,62+/m0/s1. The minimum absolute atomic E-state index is 0.101. The molecule has 0 aliphatic heterocycles. The van der Waals surface area contributed by atoms with Crippen LogP contribution < -0.4 is 0 Å². The van der Waals surface area contributed by atoms with Crippen molar-refractivity contribution >= 4 is 39.5 Å². The number of aliphatic hydroxyl groups excluding tert-OH is 1. The van der Waals surface area contributed by atoms with Gasteiger partial charge in [0, 0.05) is 25.7 Å². The molecule has 0 heterocycles. The van der Waals surface area contributed by atoms with Gasteiger partial charge in [0.25, 0.3) is 0 Å². The van der Waals surface area contributed by atoms with Gasteiger partial charge in [-0.3, -0.25) is 37.3 Å². The van der Waals surface area contributed by atoms with Crippen molar-refractivity contribution in [3.05, 3.63) is 0 Å². The molecule has 0 aromatic rings. The maximum Gasteiger partial charge on any atom is 0.472 e. The number of unbranched alkanes of at least 4 members (excludes halogenated alkanes) is 31. The summed E-state index contributed by atoms with van der Waals surface area (Å²) in [5.41, 5.74) is 0. The van der Waals surface area contributed by atoms with Crippen molar-refractivity contribution in [1.82, 2.24) is 0 Å². The first-order valence-electron chi connectivity index (χ1n) is 34.4. The van der Waals surface area contributed by atoms with Crippen LogP contribution in [0.25, 0.3) is 0 Å². The molecule has 0 fully saturated rings. The fourth-order valence-corrected chi connectivity index (χ4v) is 11.4. The summed E-state index contributed by atoms with van der Waals surface area (Å²) in [6.45, 7) is 11.6. The van der Waals surface area contributed by atoms with Crippen molar-refractivity contribution < 1.29 is 80.2 Å². The number of carbonyl (C=O) groups excluding carboxylic acids is 4. The molecule has 3 N–H and O–H groups in total. The van der Waals surface area contributed by atoms with Crippen LogP contribution in [0.15, 0.2) is 0 Å². The Hall–Kier alpha value is -1.94. The Morgan fingerprint density at radius 2 is 0.600 bits per heavy atom. The first kappa shape index (κ1) is 83.1. The number of rotatable bonds is 64. The Labute approximate surface area is 517 Å². The topological polar surface area (TPSA) is 237 Å². The first-order chi connectivity index (χ1) is 40.8. The Balaban J connectivity index is 5.04. The molecule has 85 heavy (non-hydrogen) atoms. The zero-order valence-electron chi connectivity index (χ0n) is 55.1. The van der Waals surface area contributed by atoms with Gasteiger partial charge in [-0.05, 0) is 43.4 Å². The number of hydrogen-bond acceptors (Lipinski definition) is 15. The molecule has 0 radical (unpaired) electrons. The highest BCUT2D eigenvalue weighted by atomic mass is 31.2. The number of esters is 4. The van der Waals surface area contributed by atoms with E-state index in [4.69, 9.17) is 37.0 Å². The molecule has 6 atom stereocenters. The lowest BCUT2D eigenvalue weighted by molar-refractivity contribution is -0.161. The summed E-state index contributed by atoms with van der Waals surface area (Å²) in [5, 5.41) is 10.5. The van der Waals surface area contributed by atoms with Gasteiger partial charge in [-0.15, -0.1) is 0 Å². The van der Waals surface area contributed by atoms with Gasteiger partial charge >= 0.3 is 39.5 Å². The number of hydrogen-bond donors (Lipinski definition) is 3. The lowest BCUT2D eigenvalue weighted by atomic mass is 9.99. The molecule has 0 aliphatic rings. The molecule has 17 nitrogen and oxygen atoms in total. The zero-order valence-corrected chi connectivity index (χ0v) is 56.9. The van der Waals surface area contributed by atoms with Crippen LogP contribution in [0.1, 0.15) is 325 Å². The van der Waals surface area contributed by atoms with Crippen LogP contribution in [0.2, 0.25) is 0 Å². The van der Waals surface area contributed by atoms with E-state index >= 15 is 0 Å². The highest BCUT2D eigenvalue weighted by Crippen LogP contribution is 2.45. The first-order valence-corrected chi connectivity index (χ1v) is 37.4. The second-order valence-corrected chi connectivity index (χ2v) is 28.0. The molecule has 19 heteroatoms. The molecular weight excluding hydrogens is 1130 g/mol. The third-order valence-electron chi connectivity index (χ3n) is 15.5. The summed E-state index contributed by atoms with van der Waals surface area (Å²) in [7, 11) is -9.88. The summed E-state index contributed by atoms with van der Waals surface area (Å²) in [5.74, 6) is 0.0689. The molecule has 0 aliphatic carbocycles. The maximum atomic E-state index is 13.0. The van der Waals surface area contributed by atoms with Crippen LogP contribution in [0.5, 0.6) is 0 Å². The normalized spacial score (nSPS) is 14.6. The van der Waals surface area contributed by atoms with Gasteiger partial charge in [0.15, 0.2) is 12.2 Å². The van der Waals surface area contributed by atoms with Crippen LogP contribution in [-0.4, -0.2) is 96.7 Å². The third-order valence-corrected chi connectivity index (χ3v) is 17.4. The number of ether oxygens (including phenoxy) is 4. The summed E-state index contributed by atoms with van der Waals surface area (Å²) in [6.07, 6.45) is 39.8. The van der Waals surface area contributed by atoms with E-state index < -0.39 is 97.5 Å². The highest BCUT2D eigenvalue weighted by molar-refractivity contribution is 7.47. The van der Waals surface area contributed by atoms with Gasteiger partial charge in [-0.25, -0.2) is 9.13 Å². The molecule has 3 unspecified atom stereocenters. The van der Waals surface area contributed by atoms with Gasteiger partial charge in [0.2, 0.25) is 0 Å². The van der Waals surface area contributed by atoms with Crippen LogP contribution in [0, 0.1) is 17.8 Å². The number of phosphoric ester groups is 2. The highest BCUT2D eigenvalue weighted by Gasteiger charge is 2.30. The smallest absolute Gasteiger partial charge is 0.462 e. The van der Waals surface area contributed by atoms with E-state index in [1.807, 2.05) is 0 Å². The molecular formula is C66H128O17P2. The van der Waals surface area contributed by atoms with Crippen molar-refractivity contribution in [2.24, 2.45) is 17.8 Å². The van der Waals surface area contributed by atoms with E-state index in [-0.39, 0.29) is 25.7 Å². The SMILES string of the molecule is CCCCCCCC(=O)OC[C@H](COP(=O)(O)OC[C@H](O)COP(=O)(O)OC[C@@H](COC(=O)CCCCCCCCC(C)C)OC(=O)CCCCCCCCCCCCCCCCCCCCC(C)CC)OC(=O)CCCCCCCCC(C)C. The minimum Gasteiger partial charge on any atom is -0.462 e. The van der Waals surface area contributed by atoms with Crippen molar-refractivity contribution in [2.45, 2.75) is 343 Å². The lowest BCUT2D eigenvalue weighted by Crippen LogP contribution is -2.30. The van der Waals surface area contributed by atoms with Gasteiger partial charge in [0.1, 0.15) is 19.3 Å². The van der Waals surface area contributed by atoms with Crippen molar-refractivity contribution in [2.75, 3.05) is 39.6 Å². The van der Waals surface area contributed by atoms with Crippen LogP contribution in [-0.2, 0) is 65.4 Å². The van der Waals surface area contributed by atoms with Crippen LogP contribution in [0.3, 0.4) is 0 Å². The van der Waals surface area contributed by atoms with Gasteiger partial charge in [-0.2, -0.15) is 0 Å². The summed E-state index contributed by atoms with van der Waals surface area (Å²) < 4.78 is 67.7. The van der Waals surface area contributed by atoms with Crippen LogP contribution >= 0.6 is 15.6 Å². The summed E-state index contributed by atoms with van der Waals surface area (Å²) in [4.78, 5) is 71.9. The molecule has 504 valence electrons. The van der Waals surface area contributed by atoms with Gasteiger partial charge < -0.3 is 33.8 Å². The van der Waals surface area contributed by atoms with E-state index in [0.29, 0.717) is 37.5 Å². The second-order valence-electron chi connectivity index (χ2n) is 25.1. The lowest BCUT2D eigenvalue weighted by Gasteiger charge is -2.21. The molecule has 0 aromatic carbocycles. The average Bonchev–Trinajstić information content (AvgIpc) is 3.55. The molecule has 0 amide bonds. The van der Waals surface area contributed by atoms with E-state index in [1.54, 1.807) is 0 Å². The van der Waals surface area contributed by atoms with Crippen molar-refractivity contribution in [3.63, 3.8) is 0 Å². The quantitative estimate of drug-likeness (QED) is 0.0222. The Morgan fingerprint density at radius 1 is 0.341 bits per heavy atom. The Bertz CT molecular complexity index is 1680. The molecule has 0 spiro atoms. The largest absolute Gasteiger partial charge is 0.472 e. The molecule has 0 aromatic heterocycles. The van der Waals surface area contributed by atoms with E-state index in [2.05, 4.69) is 48.5 Å². The number of aliphatic hydroxyl groups is 1. The van der Waals surface area contributed by atoms with E-state index in [0.717, 1.165) is 109 Å². The number of phosphoric acid groups is 2. The van der Waals surface area contributed by atoms with Gasteiger partial charge in [0.05, 0.1) is 26.4 Å². The van der Waals surface area contributed by atoms with E-state index in [1.165, 1.54) is 122 Å². The molecule has 0 saturated carbocycles. The monoisotopic (exact) mass is 1250 g/mol. The summed E-state index contributed by atoms with van der Waals surface area (Å²) in [6, 6.07) is 0. The average molecular weight is 1260 g/mol. The minimum atomic E-state index is -4.94. The predicted octanol–water partition coefficient (Wildman–Crippen LogP) is 18.3. The molecule has 0 saturated heterocycles. The fourth-order valence-electron chi connectivity index (χ4n) is 9.80. The van der Waals surface area contributed by atoms with Crippen molar-refractivity contribution in [3.8, 4) is 0 Å².